The van der Waals surface area contributed by atoms with E-state index in [4.69, 9.17) is 23.2 Å². The molecular weight excluding hydrogens is 293 g/mol. The van der Waals surface area contributed by atoms with E-state index in [1.807, 2.05) is 0 Å². The Morgan fingerprint density at radius 2 is 2.21 bits per heavy atom. The molecule has 100 valence electrons. The summed E-state index contributed by atoms with van der Waals surface area (Å²) in [6.07, 6.45) is 1.44. The summed E-state index contributed by atoms with van der Waals surface area (Å²) in [6, 6.07) is 4.73. The zero-order valence-electron chi connectivity index (χ0n) is 9.53. The summed E-state index contributed by atoms with van der Waals surface area (Å²) in [5.74, 6) is 0. The van der Waals surface area contributed by atoms with Crippen molar-refractivity contribution >= 4 is 28.9 Å². The van der Waals surface area contributed by atoms with Crippen molar-refractivity contribution in [3.05, 3.63) is 56.3 Å². The maximum Gasteiger partial charge on any atom is 0.306 e. The van der Waals surface area contributed by atoms with Crippen LogP contribution in [0.3, 0.4) is 0 Å². The first-order valence-corrected chi connectivity index (χ1v) is 6.03. The van der Waals surface area contributed by atoms with Gasteiger partial charge in [0.05, 0.1) is 17.6 Å². The second-order valence-corrected chi connectivity index (χ2v) is 4.70. The lowest BCUT2D eigenvalue weighted by molar-refractivity contribution is -0.385. The van der Waals surface area contributed by atoms with Crippen molar-refractivity contribution in [2.45, 2.75) is 12.6 Å². The molecule has 1 N–H and O–H groups in total. The number of hydrogen-bond acceptors (Lipinski definition) is 4. The van der Waals surface area contributed by atoms with Gasteiger partial charge in [-0.15, -0.1) is 0 Å². The molecule has 0 spiro atoms. The molecule has 0 radical (unpaired) electrons. The number of aromatic nitrogens is 2. The first kappa shape index (κ1) is 13.8. The van der Waals surface area contributed by atoms with E-state index in [1.165, 1.54) is 16.9 Å². The van der Waals surface area contributed by atoms with Crippen LogP contribution in [0.5, 0.6) is 0 Å². The topological polar surface area (TPSA) is 81.2 Å². The monoisotopic (exact) mass is 301 g/mol. The Hall–Kier alpha value is -1.63. The molecule has 0 fully saturated rings. The standard InChI is InChI=1S/C11H9Cl2N3O3/c12-7-1-2-9(10(13)3-7)11(17)6-15-5-8(4-14-15)16(18)19/h1-5,11,17H,6H2. The van der Waals surface area contributed by atoms with Crippen LogP contribution < -0.4 is 0 Å². The highest BCUT2D eigenvalue weighted by molar-refractivity contribution is 6.35. The van der Waals surface area contributed by atoms with Crippen LogP contribution in [0.25, 0.3) is 0 Å². The van der Waals surface area contributed by atoms with Crippen LogP contribution >= 0.6 is 23.2 Å². The molecule has 1 unspecified atom stereocenters. The predicted molar refractivity (Wildman–Crippen MR) is 70.3 cm³/mol. The van der Waals surface area contributed by atoms with E-state index < -0.39 is 11.0 Å². The Bertz CT molecular complexity index is 615. The average Bonchev–Trinajstić information content (AvgIpc) is 2.77. The largest absolute Gasteiger partial charge is 0.386 e. The van der Waals surface area contributed by atoms with Gasteiger partial charge >= 0.3 is 5.69 Å². The molecule has 0 amide bonds. The van der Waals surface area contributed by atoms with Crippen LogP contribution in [0, 0.1) is 10.1 Å². The fourth-order valence-corrected chi connectivity index (χ4v) is 2.13. The van der Waals surface area contributed by atoms with Crippen LogP contribution in [0.4, 0.5) is 5.69 Å². The molecule has 0 saturated heterocycles. The minimum Gasteiger partial charge on any atom is -0.386 e. The molecule has 0 aliphatic heterocycles. The van der Waals surface area contributed by atoms with Gasteiger partial charge in [0.1, 0.15) is 12.4 Å². The lowest BCUT2D eigenvalue weighted by atomic mass is 10.1. The summed E-state index contributed by atoms with van der Waals surface area (Å²) in [5.41, 5.74) is 0.360. The minimum absolute atomic E-state index is 0.0647. The molecule has 1 aromatic heterocycles. The van der Waals surface area contributed by atoms with Crippen molar-refractivity contribution in [2.24, 2.45) is 0 Å². The van der Waals surface area contributed by atoms with E-state index in [-0.39, 0.29) is 12.2 Å². The second kappa shape index (κ2) is 5.56. The molecule has 8 heteroatoms. The molecule has 19 heavy (non-hydrogen) atoms. The van der Waals surface area contributed by atoms with Crippen molar-refractivity contribution in [1.82, 2.24) is 9.78 Å². The highest BCUT2D eigenvalue weighted by Gasteiger charge is 2.15. The first-order valence-electron chi connectivity index (χ1n) is 5.27. The van der Waals surface area contributed by atoms with E-state index >= 15 is 0 Å². The molecular formula is C11H9Cl2N3O3. The average molecular weight is 302 g/mol. The van der Waals surface area contributed by atoms with Crippen molar-refractivity contribution in [2.75, 3.05) is 0 Å². The smallest absolute Gasteiger partial charge is 0.306 e. The van der Waals surface area contributed by atoms with Gasteiger partial charge in [-0.2, -0.15) is 5.10 Å². The molecule has 0 bridgehead atoms. The van der Waals surface area contributed by atoms with Gasteiger partial charge in [-0.05, 0) is 12.1 Å². The summed E-state index contributed by atoms with van der Waals surface area (Å²) < 4.78 is 1.29. The Labute approximate surface area is 118 Å². The third-order valence-corrected chi connectivity index (χ3v) is 3.07. The Morgan fingerprint density at radius 3 is 2.79 bits per heavy atom. The second-order valence-electron chi connectivity index (χ2n) is 3.86. The lowest BCUT2D eigenvalue weighted by Gasteiger charge is -2.12. The third kappa shape index (κ3) is 3.23. The number of halogens is 2. The first-order chi connectivity index (χ1) is 8.97. The maximum absolute atomic E-state index is 10.5. The number of nitrogens with zero attached hydrogens (tertiary/aromatic N) is 3. The van der Waals surface area contributed by atoms with E-state index in [0.717, 1.165) is 6.20 Å². The molecule has 2 rings (SSSR count). The number of aliphatic hydroxyl groups excluding tert-OH is 1. The molecule has 1 aromatic carbocycles. The van der Waals surface area contributed by atoms with Crippen LogP contribution in [0.15, 0.2) is 30.6 Å². The van der Waals surface area contributed by atoms with E-state index in [9.17, 15) is 15.2 Å². The molecule has 1 heterocycles. The number of aliphatic hydroxyl groups is 1. The van der Waals surface area contributed by atoms with Gasteiger partial charge in [-0.25, -0.2) is 0 Å². The zero-order valence-corrected chi connectivity index (χ0v) is 11.0. The van der Waals surface area contributed by atoms with Crippen molar-refractivity contribution in [3.8, 4) is 0 Å². The summed E-state index contributed by atoms with van der Waals surface area (Å²) >= 11 is 11.7. The minimum atomic E-state index is -0.927. The number of hydrogen-bond donors (Lipinski definition) is 1. The van der Waals surface area contributed by atoms with Gasteiger partial charge in [0.25, 0.3) is 0 Å². The van der Waals surface area contributed by atoms with Crippen molar-refractivity contribution < 1.29 is 10.0 Å². The van der Waals surface area contributed by atoms with Crippen LogP contribution in [-0.2, 0) is 6.54 Å². The van der Waals surface area contributed by atoms with E-state index in [1.54, 1.807) is 12.1 Å². The van der Waals surface area contributed by atoms with Crippen LogP contribution in [0.2, 0.25) is 10.0 Å². The van der Waals surface area contributed by atoms with Crippen LogP contribution in [-0.4, -0.2) is 19.8 Å². The van der Waals surface area contributed by atoms with Crippen LogP contribution in [0.1, 0.15) is 11.7 Å². The van der Waals surface area contributed by atoms with Crippen molar-refractivity contribution in [1.29, 1.82) is 0 Å². The maximum atomic E-state index is 10.5. The third-order valence-electron chi connectivity index (χ3n) is 2.51. The van der Waals surface area contributed by atoms with Gasteiger partial charge in [0, 0.05) is 15.6 Å². The number of rotatable bonds is 4. The molecule has 0 aliphatic rings. The molecule has 2 aromatic rings. The summed E-state index contributed by atoms with van der Waals surface area (Å²) in [4.78, 5) is 9.97. The summed E-state index contributed by atoms with van der Waals surface area (Å²) in [6.45, 7) is 0.0647. The van der Waals surface area contributed by atoms with Gasteiger partial charge in [-0.1, -0.05) is 29.3 Å². The summed E-state index contributed by atoms with van der Waals surface area (Å²) in [5, 5.41) is 25.1. The molecule has 1 atom stereocenters. The quantitative estimate of drug-likeness (QED) is 0.695. The van der Waals surface area contributed by atoms with E-state index in [2.05, 4.69) is 5.10 Å². The van der Waals surface area contributed by atoms with Gasteiger partial charge in [-0.3, -0.25) is 14.8 Å². The number of benzene rings is 1. The molecule has 6 nitrogen and oxygen atoms in total. The van der Waals surface area contributed by atoms with Gasteiger partial charge in [0.2, 0.25) is 0 Å². The van der Waals surface area contributed by atoms with Gasteiger partial charge < -0.3 is 5.11 Å². The highest BCUT2D eigenvalue weighted by Crippen LogP contribution is 2.27. The SMILES string of the molecule is O=[N+]([O-])c1cnn(CC(O)c2ccc(Cl)cc2Cl)c1. The van der Waals surface area contributed by atoms with E-state index in [0.29, 0.717) is 15.6 Å². The Kier molecular flexibility index (Phi) is 4.04. The number of nitro groups is 1. The zero-order chi connectivity index (χ0) is 14.0. The Balaban J connectivity index is 2.15. The predicted octanol–water partition coefficient (Wildman–Crippen LogP) is 2.83. The molecule has 0 saturated carbocycles. The summed E-state index contributed by atoms with van der Waals surface area (Å²) in [7, 11) is 0. The van der Waals surface area contributed by atoms with Gasteiger partial charge in [0.15, 0.2) is 0 Å². The Morgan fingerprint density at radius 1 is 1.47 bits per heavy atom. The fourth-order valence-electron chi connectivity index (χ4n) is 1.59. The fraction of sp³-hybridized carbons (Fsp3) is 0.182. The highest BCUT2D eigenvalue weighted by atomic mass is 35.5. The van der Waals surface area contributed by atoms with Crippen molar-refractivity contribution in [3.63, 3.8) is 0 Å². The normalized spacial score (nSPS) is 12.4. The molecule has 0 aliphatic carbocycles. The lowest BCUT2D eigenvalue weighted by Crippen LogP contribution is -2.09.